The van der Waals surface area contributed by atoms with Gasteiger partial charge in [0.25, 0.3) is 0 Å². The molecule has 0 bridgehead atoms. The summed E-state index contributed by atoms with van der Waals surface area (Å²) in [5.74, 6) is -1.36. The van der Waals surface area contributed by atoms with Gasteiger partial charge in [0.15, 0.2) is 0 Å². The van der Waals surface area contributed by atoms with E-state index in [0.29, 0.717) is 11.4 Å². The van der Waals surface area contributed by atoms with E-state index in [2.05, 4.69) is 10.6 Å². The molecule has 0 atom stereocenters. The number of ether oxygens (including phenoxy) is 2. The number of amides is 2. The summed E-state index contributed by atoms with van der Waals surface area (Å²) < 4.78 is 10.1. The fraction of sp³-hybridized carbons (Fsp3) is 0.250. The maximum Gasteiger partial charge on any atom is 0.340 e. The van der Waals surface area contributed by atoms with Crippen LogP contribution in [0.5, 0.6) is 0 Å². The van der Waals surface area contributed by atoms with Crippen molar-refractivity contribution >= 4 is 29.2 Å². The molecule has 0 aliphatic heterocycles. The van der Waals surface area contributed by atoms with Crippen molar-refractivity contribution in [3.05, 3.63) is 59.7 Å². The summed E-state index contributed by atoms with van der Waals surface area (Å²) >= 11 is 0. The molecule has 0 aliphatic rings. The first-order valence-corrected chi connectivity index (χ1v) is 8.50. The molecule has 0 saturated carbocycles. The van der Waals surface area contributed by atoms with Gasteiger partial charge in [0.1, 0.15) is 13.2 Å². The van der Waals surface area contributed by atoms with Crippen LogP contribution in [0.15, 0.2) is 48.5 Å². The van der Waals surface area contributed by atoms with Crippen LogP contribution in [0.25, 0.3) is 0 Å². The first kappa shape index (κ1) is 20.1. The van der Waals surface area contributed by atoms with Gasteiger partial charge in [-0.25, -0.2) is 4.79 Å². The minimum absolute atomic E-state index is 0.236. The number of rotatable bonds is 8. The first-order chi connectivity index (χ1) is 13.0. The Kier molecular flexibility index (Phi) is 7.51. The van der Waals surface area contributed by atoms with E-state index in [0.717, 1.165) is 5.56 Å². The third kappa shape index (κ3) is 6.56. The molecule has 0 unspecified atom stereocenters. The van der Waals surface area contributed by atoms with Crippen LogP contribution >= 0.6 is 0 Å². The number of nitrogens with one attached hydrogen (secondary N) is 2. The van der Waals surface area contributed by atoms with E-state index in [1.54, 1.807) is 37.3 Å². The van der Waals surface area contributed by atoms with Gasteiger partial charge in [-0.05, 0) is 43.7 Å². The molecule has 0 aliphatic carbocycles. The molecular weight excluding hydrogens is 348 g/mol. The summed E-state index contributed by atoms with van der Waals surface area (Å²) in [5, 5.41) is 5.27. The van der Waals surface area contributed by atoms with Gasteiger partial charge in [0.2, 0.25) is 11.8 Å². The molecule has 0 radical (unpaired) electrons. The van der Waals surface area contributed by atoms with Crippen LogP contribution in [0, 0.1) is 6.92 Å². The van der Waals surface area contributed by atoms with E-state index in [-0.39, 0.29) is 31.3 Å². The topological polar surface area (TPSA) is 93.7 Å². The Morgan fingerprint density at radius 3 is 2.33 bits per heavy atom. The molecule has 2 N–H and O–H groups in total. The summed E-state index contributed by atoms with van der Waals surface area (Å²) in [4.78, 5) is 35.7. The molecule has 2 aromatic carbocycles. The average Bonchev–Trinajstić information content (AvgIpc) is 2.62. The van der Waals surface area contributed by atoms with Crippen molar-refractivity contribution in [1.29, 1.82) is 0 Å². The van der Waals surface area contributed by atoms with Crippen molar-refractivity contribution in [2.75, 3.05) is 30.5 Å². The number of hydrogen-bond acceptors (Lipinski definition) is 5. The van der Waals surface area contributed by atoms with Crippen LogP contribution in [0.3, 0.4) is 0 Å². The van der Waals surface area contributed by atoms with Gasteiger partial charge in [-0.2, -0.15) is 0 Å². The summed E-state index contributed by atoms with van der Waals surface area (Å²) in [7, 11) is 0. The maximum absolute atomic E-state index is 12.0. The molecule has 2 aromatic rings. The second-order valence-corrected chi connectivity index (χ2v) is 5.72. The smallest absolute Gasteiger partial charge is 0.340 e. The summed E-state index contributed by atoms with van der Waals surface area (Å²) in [6.07, 6.45) is 0. The molecule has 0 aromatic heterocycles. The number of benzene rings is 2. The van der Waals surface area contributed by atoms with Crippen LogP contribution in [0.1, 0.15) is 22.8 Å². The number of anilines is 2. The van der Waals surface area contributed by atoms with Crippen molar-refractivity contribution in [3.63, 3.8) is 0 Å². The second-order valence-electron chi connectivity index (χ2n) is 5.72. The number of hydrogen-bond donors (Lipinski definition) is 2. The second kappa shape index (κ2) is 10.1. The zero-order chi connectivity index (χ0) is 19.6. The van der Waals surface area contributed by atoms with Gasteiger partial charge in [-0.1, -0.05) is 24.3 Å². The average molecular weight is 370 g/mol. The Hall–Kier alpha value is -3.19. The lowest BCUT2D eigenvalue weighted by molar-refractivity contribution is -0.125. The SMILES string of the molecule is CCOC(=O)c1ccccc1NC(=O)COCC(=O)Nc1cccc(C)c1. The molecular formula is C20H22N2O5. The molecule has 27 heavy (non-hydrogen) atoms. The van der Waals surface area contributed by atoms with Gasteiger partial charge < -0.3 is 20.1 Å². The van der Waals surface area contributed by atoms with Crippen LogP contribution < -0.4 is 10.6 Å². The predicted octanol–water partition coefficient (Wildman–Crippen LogP) is 2.77. The molecule has 0 fully saturated rings. The zero-order valence-corrected chi connectivity index (χ0v) is 15.3. The van der Waals surface area contributed by atoms with E-state index in [1.165, 1.54) is 0 Å². The minimum atomic E-state index is -0.521. The number of para-hydroxylation sites is 1. The highest BCUT2D eigenvalue weighted by molar-refractivity contribution is 6.01. The van der Waals surface area contributed by atoms with Gasteiger partial charge in [-0.3, -0.25) is 9.59 Å². The third-order valence-corrected chi connectivity index (χ3v) is 3.46. The Morgan fingerprint density at radius 2 is 1.63 bits per heavy atom. The van der Waals surface area contributed by atoms with E-state index in [4.69, 9.17) is 9.47 Å². The molecule has 2 rings (SSSR count). The highest BCUT2D eigenvalue weighted by Crippen LogP contribution is 2.16. The maximum atomic E-state index is 12.0. The molecule has 0 spiro atoms. The molecule has 0 heterocycles. The van der Waals surface area contributed by atoms with Gasteiger partial charge in [0.05, 0.1) is 17.9 Å². The highest BCUT2D eigenvalue weighted by Gasteiger charge is 2.14. The Morgan fingerprint density at radius 1 is 0.926 bits per heavy atom. The van der Waals surface area contributed by atoms with E-state index < -0.39 is 11.9 Å². The van der Waals surface area contributed by atoms with Crippen LogP contribution in [-0.2, 0) is 19.1 Å². The molecule has 142 valence electrons. The third-order valence-electron chi connectivity index (χ3n) is 3.46. The summed E-state index contributed by atoms with van der Waals surface area (Å²) in [5.41, 5.74) is 2.27. The predicted molar refractivity (Wildman–Crippen MR) is 102 cm³/mol. The van der Waals surface area contributed by atoms with Crippen molar-refractivity contribution in [3.8, 4) is 0 Å². The number of carbonyl (C=O) groups excluding carboxylic acids is 3. The van der Waals surface area contributed by atoms with Crippen molar-refractivity contribution in [2.24, 2.45) is 0 Å². The van der Waals surface area contributed by atoms with Gasteiger partial charge in [-0.15, -0.1) is 0 Å². The normalized spacial score (nSPS) is 10.1. The molecule has 7 nitrogen and oxygen atoms in total. The van der Waals surface area contributed by atoms with E-state index in [1.807, 2.05) is 25.1 Å². The lowest BCUT2D eigenvalue weighted by Crippen LogP contribution is -2.24. The molecule has 2 amide bonds. The molecule has 0 saturated heterocycles. The largest absolute Gasteiger partial charge is 0.462 e. The standard InChI is InChI=1S/C20H22N2O5/c1-3-27-20(25)16-9-4-5-10-17(16)22-19(24)13-26-12-18(23)21-15-8-6-7-14(2)11-15/h4-11H,3,12-13H2,1-2H3,(H,21,23)(H,22,24). The van der Waals surface area contributed by atoms with Crippen molar-refractivity contribution in [2.45, 2.75) is 13.8 Å². The van der Waals surface area contributed by atoms with Crippen molar-refractivity contribution < 1.29 is 23.9 Å². The van der Waals surface area contributed by atoms with Crippen LogP contribution in [0.4, 0.5) is 11.4 Å². The fourth-order valence-electron chi connectivity index (χ4n) is 2.32. The van der Waals surface area contributed by atoms with Crippen LogP contribution in [0.2, 0.25) is 0 Å². The van der Waals surface area contributed by atoms with E-state index >= 15 is 0 Å². The first-order valence-electron chi connectivity index (χ1n) is 8.50. The van der Waals surface area contributed by atoms with Crippen molar-refractivity contribution in [1.82, 2.24) is 0 Å². The number of aryl methyl sites for hydroxylation is 1. The Labute approximate surface area is 157 Å². The summed E-state index contributed by atoms with van der Waals surface area (Å²) in [6, 6.07) is 13.9. The lowest BCUT2D eigenvalue weighted by atomic mass is 10.2. The minimum Gasteiger partial charge on any atom is -0.462 e. The highest BCUT2D eigenvalue weighted by atomic mass is 16.5. The van der Waals surface area contributed by atoms with Gasteiger partial charge in [0, 0.05) is 5.69 Å². The number of esters is 1. The summed E-state index contributed by atoms with van der Waals surface area (Å²) in [6.45, 7) is 3.28. The lowest BCUT2D eigenvalue weighted by Gasteiger charge is -2.10. The van der Waals surface area contributed by atoms with Crippen LogP contribution in [-0.4, -0.2) is 37.6 Å². The monoisotopic (exact) mass is 370 g/mol. The Balaban J connectivity index is 1.81. The molecule has 7 heteroatoms. The zero-order valence-electron chi connectivity index (χ0n) is 15.3. The Bertz CT molecular complexity index is 820. The van der Waals surface area contributed by atoms with Gasteiger partial charge >= 0.3 is 5.97 Å². The van der Waals surface area contributed by atoms with E-state index in [9.17, 15) is 14.4 Å². The quantitative estimate of drug-likeness (QED) is 0.697. The number of carbonyl (C=O) groups is 3. The fourth-order valence-corrected chi connectivity index (χ4v) is 2.32.